The SMILES string of the molecule is C=C.CC.CC#Cc1ccc(OC)c(N(CC)CC)c1. The van der Waals surface area contributed by atoms with Crippen molar-refractivity contribution in [2.45, 2.75) is 34.6 Å². The average Bonchev–Trinajstić information content (AvgIpc) is 2.53. The summed E-state index contributed by atoms with van der Waals surface area (Å²) < 4.78 is 5.37. The molecule has 0 atom stereocenters. The van der Waals surface area contributed by atoms with Gasteiger partial charge in [0.05, 0.1) is 12.8 Å². The molecule has 2 nitrogen and oxygen atoms in total. The standard InChI is InChI=1S/C14H19NO.C2H6.C2H4/c1-5-8-12-9-10-14(16-4)13(11-12)15(6-2)7-3;2*1-2/h9-11H,6-7H2,1-4H3;1-2H3;1-2H2. The molecule has 0 N–H and O–H groups in total. The summed E-state index contributed by atoms with van der Waals surface area (Å²) in [4.78, 5) is 2.26. The minimum atomic E-state index is 0.908. The van der Waals surface area contributed by atoms with Crippen molar-refractivity contribution in [3.63, 3.8) is 0 Å². The van der Waals surface area contributed by atoms with Gasteiger partial charge in [-0.25, -0.2) is 0 Å². The Hall–Kier alpha value is -1.88. The molecule has 0 aromatic heterocycles. The van der Waals surface area contributed by atoms with Crippen molar-refractivity contribution in [1.82, 2.24) is 0 Å². The van der Waals surface area contributed by atoms with Gasteiger partial charge in [-0.1, -0.05) is 19.8 Å². The lowest BCUT2D eigenvalue weighted by atomic mass is 10.1. The fraction of sp³-hybridized carbons (Fsp3) is 0.444. The minimum Gasteiger partial charge on any atom is -0.495 e. The minimum absolute atomic E-state index is 0.908. The van der Waals surface area contributed by atoms with Crippen LogP contribution in [0.5, 0.6) is 5.75 Å². The number of nitrogens with zero attached hydrogens (tertiary/aromatic N) is 1. The molecule has 1 aromatic carbocycles. The largest absolute Gasteiger partial charge is 0.495 e. The van der Waals surface area contributed by atoms with Crippen LogP contribution in [0.4, 0.5) is 5.69 Å². The molecule has 0 saturated heterocycles. The van der Waals surface area contributed by atoms with Crippen LogP contribution in [0.1, 0.15) is 40.2 Å². The smallest absolute Gasteiger partial charge is 0.142 e. The third-order valence-corrected chi connectivity index (χ3v) is 2.55. The summed E-state index contributed by atoms with van der Waals surface area (Å²) >= 11 is 0. The molecule has 1 rings (SSSR count). The van der Waals surface area contributed by atoms with E-state index in [0.29, 0.717) is 0 Å². The summed E-state index contributed by atoms with van der Waals surface area (Å²) in [6, 6.07) is 6.05. The van der Waals surface area contributed by atoms with Crippen molar-refractivity contribution in [3.05, 3.63) is 36.9 Å². The lowest BCUT2D eigenvalue weighted by Gasteiger charge is -2.23. The van der Waals surface area contributed by atoms with Crippen LogP contribution in [0.15, 0.2) is 31.4 Å². The Kier molecular flexibility index (Phi) is 13.8. The predicted octanol–water partition coefficient (Wildman–Crippen LogP) is 4.74. The summed E-state index contributed by atoms with van der Waals surface area (Å²) in [6.45, 7) is 18.1. The Balaban J connectivity index is 0. The maximum atomic E-state index is 5.37. The number of hydrogen-bond donors (Lipinski definition) is 0. The van der Waals surface area contributed by atoms with Crippen LogP contribution in [-0.4, -0.2) is 20.2 Å². The van der Waals surface area contributed by atoms with Crippen molar-refractivity contribution in [3.8, 4) is 17.6 Å². The van der Waals surface area contributed by atoms with Gasteiger partial charge < -0.3 is 9.64 Å². The zero-order chi connectivity index (χ0) is 16.0. The third kappa shape index (κ3) is 6.33. The summed E-state index contributed by atoms with van der Waals surface area (Å²) in [5.74, 6) is 6.89. The molecule has 0 radical (unpaired) electrons. The Labute approximate surface area is 125 Å². The van der Waals surface area contributed by atoms with E-state index in [4.69, 9.17) is 4.74 Å². The molecule has 0 saturated carbocycles. The van der Waals surface area contributed by atoms with Gasteiger partial charge >= 0.3 is 0 Å². The fourth-order valence-electron chi connectivity index (χ4n) is 1.72. The highest BCUT2D eigenvalue weighted by molar-refractivity contribution is 5.62. The van der Waals surface area contributed by atoms with E-state index in [1.807, 2.05) is 32.9 Å². The normalized spacial score (nSPS) is 7.90. The van der Waals surface area contributed by atoms with Crippen molar-refractivity contribution in [2.24, 2.45) is 0 Å². The Morgan fingerprint density at radius 3 is 2.10 bits per heavy atom. The van der Waals surface area contributed by atoms with Crippen molar-refractivity contribution < 1.29 is 4.74 Å². The molecule has 0 bridgehead atoms. The van der Waals surface area contributed by atoms with Gasteiger partial charge in [0.15, 0.2) is 0 Å². The molecule has 112 valence electrons. The highest BCUT2D eigenvalue weighted by atomic mass is 16.5. The molecule has 0 unspecified atom stereocenters. The maximum absolute atomic E-state index is 5.37. The van der Waals surface area contributed by atoms with Crippen molar-refractivity contribution in [1.29, 1.82) is 0 Å². The average molecular weight is 275 g/mol. The van der Waals surface area contributed by atoms with E-state index in [-0.39, 0.29) is 0 Å². The van der Waals surface area contributed by atoms with Crippen LogP contribution in [-0.2, 0) is 0 Å². The molecular formula is C18H29NO. The first kappa shape index (κ1) is 20.4. The highest BCUT2D eigenvalue weighted by Gasteiger charge is 2.09. The van der Waals surface area contributed by atoms with E-state index < -0.39 is 0 Å². The van der Waals surface area contributed by atoms with Crippen LogP contribution in [0.2, 0.25) is 0 Å². The number of methoxy groups -OCH3 is 1. The highest BCUT2D eigenvalue weighted by Crippen LogP contribution is 2.28. The number of anilines is 1. The predicted molar refractivity (Wildman–Crippen MR) is 91.7 cm³/mol. The van der Waals surface area contributed by atoms with Gasteiger partial charge in [-0.3, -0.25) is 0 Å². The Morgan fingerprint density at radius 2 is 1.70 bits per heavy atom. The molecular weight excluding hydrogens is 246 g/mol. The molecule has 20 heavy (non-hydrogen) atoms. The van der Waals surface area contributed by atoms with Gasteiger partial charge in [0.2, 0.25) is 0 Å². The molecule has 2 heteroatoms. The summed E-state index contributed by atoms with van der Waals surface area (Å²) in [6.07, 6.45) is 0. The molecule has 0 spiro atoms. The second kappa shape index (κ2) is 13.5. The number of hydrogen-bond acceptors (Lipinski definition) is 2. The van der Waals surface area contributed by atoms with E-state index in [1.54, 1.807) is 7.11 Å². The van der Waals surface area contributed by atoms with E-state index >= 15 is 0 Å². The zero-order valence-electron chi connectivity index (χ0n) is 13.9. The van der Waals surface area contributed by atoms with E-state index in [0.717, 1.165) is 30.1 Å². The second-order valence-corrected chi connectivity index (χ2v) is 3.43. The second-order valence-electron chi connectivity index (χ2n) is 3.43. The van der Waals surface area contributed by atoms with Crippen molar-refractivity contribution in [2.75, 3.05) is 25.1 Å². The number of ether oxygens (including phenoxy) is 1. The summed E-state index contributed by atoms with van der Waals surface area (Å²) in [7, 11) is 1.70. The zero-order valence-corrected chi connectivity index (χ0v) is 13.9. The lowest BCUT2D eigenvalue weighted by Crippen LogP contribution is -2.22. The quantitative estimate of drug-likeness (QED) is 0.581. The van der Waals surface area contributed by atoms with Gasteiger partial charge in [0, 0.05) is 18.7 Å². The Morgan fingerprint density at radius 1 is 1.15 bits per heavy atom. The van der Waals surface area contributed by atoms with E-state index in [2.05, 4.69) is 49.8 Å². The first-order chi connectivity index (χ1) is 9.76. The van der Waals surface area contributed by atoms with Crippen LogP contribution in [0.25, 0.3) is 0 Å². The molecule has 1 aromatic rings. The summed E-state index contributed by atoms with van der Waals surface area (Å²) in [5.41, 5.74) is 2.15. The van der Waals surface area contributed by atoms with E-state index in [1.165, 1.54) is 0 Å². The third-order valence-electron chi connectivity index (χ3n) is 2.55. The first-order valence-corrected chi connectivity index (χ1v) is 7.12. The monoisotopic (exact) mass is 275 g/mol. The van der Waals surface area contributed by atoms with Crippen LogP contribution >= 0.6 is 0 Å². The summed E-state index contributed by atoms with van der Waals surface area (Å²) in [5, 5.41) is 0. The van der Waals surface area contributed by atoms with Gasteiger partial charge in [-0.15, -0.1) is 19.1 Å². The van der Waals surface area contributed by atoms with Gasteiger partial charge in [0.1, 0.15) is 5.75 Å². The molecule has 0 fully saturated rings. The van der Waals surface area contributed by atoms with Gasteiger partial charge in [-0.2, -0.15) is 0 Å². The fourth-order valence-corrected chi connectivity index (χ4v) is 1.72. The molecule has 0 heterocycles. The first-order valence-electron chi connectivity index (χ1n) is 7.12. The van der Waals surface area contributed by atoms with E-state index in [9.17, 15) is 0 Å². The number of rotatable bonds is 4. The Bertz CT molecular complexity index is 411. The van der Waals surface area contributed by atoms with Crippen LogP contribution < -0.4 is 9.64 Å². The molecule has 0 amide bonds. The maximum Gasteiger partial charge on any atom is 0.142 e. The topological polar surface area (TPSA) is 12.5 Å². The molecule has 0 aliphatic heterocycles. The van der Waals surface area contributed by atoms with Crippen LogP contribution in [0.3, 0.4) is 0 Å². The van der Waals surface area contributed by atoms with Crippen LogP contribution in [0, 0.1) is 11.8 Å². The lowest BCUT2D eigenvalue weighted by molar-refractivity contribution is 0.414. The number of benzene rings is 1. The molecule has 0 aliphatic carbocycles. The molecule has 0 aliphatic rings. The van der Waals surface area contributed by atoms with Gasteiger partial charge in [0.25, 0.3) is 0 Å². The van der Waals surface area contributed by atoms with Gasteiger partial charge in [-0.05, 0) is 39.0 Å². The van der Waals surface area contributed by atoms with Crippen molar-refractivity contribution >= 4 is 5.69 Å².